The van der Waals surface area contributed by atoms with E-state index >= 15 is 0 Å². The van der Waals surface area contributed by atoms with Crippen LogP contribution in [0.25, 0.3) is 0 Å². The highest BCUT2D eigenvalue weighted by molar-refractivity contribution is 5.40. The summed E-state index contributed by atoms with van der Waals surface area (Å²) >= 11 is 0. The lowest BCUT2D eigenvalue weighted by molar-refractivity contribution is 0.451. The van der Waals surface area contributed by atoms with Crippen molar-refractivity contribution < 1.29 is 4.74 Å². The second-order valence-corrected chi connectivity index (χ2v) is 4.52. The Morgan fingerprint density at radius 1 is 1.10 bits per heavy atom. The van der Waals surface area contributed by atoms with Crippen molar-refractivity contribution in [1.82, 2.24) is 15.0 Å². The molecule has 0 spiro atoms. The van der Waals surface area contributed by atoms with E-state index in [2.05, 4.69) is 27.2 Å². The molecule has 0 bridgehead atoms. The van der Waals surface area contributed by atoms with Gasteiger partial charge in [0.25, 0.3) is 0 Å². The summed E-state index contributed by atoms with van der Waals surface area (Å²) in [5.41, 5.74) is 1.92. The second-order valence-electron chi connectivity index (χ2n) is 4.52. The van der Waals surface area contributed by atoms with Crippen LogP contribution in [0.4, 0.5) is 5.82 Å². The van der Waals surface area contributed by atoms with Gasteiger partial charge in [0.05, 0.1) is 5.69 Å². The van der Waals surface area contributed by atoms with Crippen molar-refractivity contribution in [3.63, 3.8) is 0 Å². The molecule has 0 aliphatic heterocycles. The minimum Gasteiger partial charge on any atom is -0.437 e. The molecule has 0 atom stereocenters. The largest absolute Gasteiger partial charge is 0.437 e. The third-order valence-corrected chi connectivity index (χ3v) is 2.79. The first kappa shape index (κ1) is 14.2. The lowest BCUT2D eigenvalue weighted by Gasteiger charge is -2.11. The lowest BCUT2D eigenvalue weighted by atomic mass is 10.2. The first-order valence-electron chi connectivity index (χ1n) is 6.86. The van der Waals surface area contributed by atoms with Gasteiger partial charge in [-0.25, -0.2) is 4.98 Å². The highest BCUT2D eigenvalue weighted by atomic mass is 16.5. The van der Waals surface area contributed by atoms with Crippen molar-refractivity contribution in [3.8, 4) is 11.6 Å². The van der Waals surface area contributed by atoms with Crippen molar-refractivity contribution in [1.29, 1.82) is 0 Å². The first-order chi connectivity index (χ1) is 9.62. The van der Waals surface area contributed by atoms with Gasteiger partial charge < -0.3 is 10.1 Å². The normalized spacial score (nSPS) is 10.4. The van der Waals surface area contributed by atoms with Crippen LogP contribution in [0.3, 0.4) is 0 Å². The predicted octanol–water partition coefficient (Wildman–Crippen LogP) is 3.27. The predicted molar refractivity (Wildman–Crippen MR) is 79.4 cm³/mol. The molecule has 0 aliphatic rings. The van der Waals surface area contributed by atoms with Gasteiger partial charge in [-0.2, -0.15) is 4.98 Å². The number of nitrogens with zero attached hydrogens (tertiary/aromatic N) is 3. The third kappa shape index (κ3) is 3.44. The summed E-state index contributed by atoms with van der Waals surface area (Å²) in [7, 11) is 0. The summed E-state index contributed by atoms with van der Waals surface area (Å²) in [6.45, 7) is 8.71. The summed E-state index contributed by atoms with van der Waals surface area (Å²) in [4.78, 5) is 13.1. The Kier molecular flexibility index (Phi) is 4.50. The summed E-state index contributed by atoms with van der Waals surface area (Å²) in [5.74, 6) is 2.73. The molecule has 20 heavy (non-hydrogen) atoms. The minimum atomic E-state index is 0.536. The van der Waals surface area contributed by atoms with Crippen LogP contribution in [0.2, 0.25) is 0 Å². The molecule has 0 amide bonds. The zero-order chi connectivity index (χ0) is 14.5. The van der Waals surface area contributed by atoms with Crippen LogP contribution in [-0.2, 0) is 6.42 Å². The molecule has 5 heteroatoms. The highest BCUT2D eigenvalue weighted by Crippen LogP contribution is 2.25. The van der Waals surface area contributed by atoms with Crippen molar-refractivity contribution in [2.24, 2.45) is 0 Å². The van der Waals surface area contributed by atoms with E-state index in [4.69, 9.17) is 4.74 Å². The number of aryl methyl sites for hydroxylation is 3. The van der Waals surface area contributed by atoms with Gasteiger partial charge in [-0.15, -0.1) is 0 Å². The summed E-state index contributed by atoms with van der Waals surface area (Å²) in [5, 5.41) is 3.17. The summed E-state index contributed by atoms with van der Waals surface area (Å²) in [6, 6.07) is 5.68. The van der Waals surface area contributed by atoms with Gasteiger partial charge in [0.15, 0.2) is 5.75 Å². The van der Waals surface area contributed by atoms with Crippen LogP contribution in [0.5, 0.6) is 11.6 Å². The Labute approximate surface area is 119 Å². The maximum Gasteiger partial charge on any atom is 0.224 e. The molecule has 0 aromatic carbocycles. The molecule has 2 rings (SSSR count). The number of aromatic nitrogens is 3. The minimum absolute atomic E-state index is 0.536. The fraction of sp³-hybridized carbons (Fsp3) is 0.400. The van der Waals surface area contributed by atoms with Crippen molar-refractivity contribution in [2.75, 3.05) is 11.9 Å². The molecule has 2 heterocycles. The van der Waals surface area contributed by atoms with Crippen LogP contribution in [0, 0.1) is 13.8 Å². The number of hydrogen-bond acceptors (Lipinski definition) is 5. The van der Waals surface area contributed by atoms with E-state index in [1.54, 1.807) is 6.07 Å². The van der Waals surface area contributed by atoms with Crippen LogP contribution < -0.4 is 10.1 Å². The third-order valence-electron chi connectivity index (χ3n) is 2.79. The van der Waals surface area contributed by atoms with E-state index in [-0.39, 0.29) is 0 Å². The molecule has 1 N–H and O–H groups in total. The molecule has 0 fully saturated rings. The molecule has 5 nitrogen and oxygen atoms in total. The van der Waals surface area contributed by atoms with E-state index in [0.29, 0.717) is 11.7 Å². The van der Waals surface area contributed by atoms with Crippen LogP contribution in [-0.4, -0.2) is 21.5 Å². The number of nitrogens with one attached hydrogen (secondary N) is 1. The number of ether oxygens (including phenoxy) is 1. The Bertz CT molecular complexity index is 598. The van der Waals surface area contributed by atoms with Crippen molar-refractivity contribution >= 4 is 5.82 Å². The zero-order valence-corrected chi connectivity index (χ0v) is 12.4. The van der Waals surface area contributed by atoms with Gasteiger partial charge in [-0.3, -0.25) is 4.98 Å². The molecular weight excluding hydrogens is 252 g/mol. The summed E-state index contributed by atoms with van der Waals surface area (Å²) in [6.07, 6.45) is 0.821. The number of rotatable bonds is 5. The van der Waals surface area contributed by atoms with Gasteiger partial charge >= 0.3 is 0 Å². The monoisotopic (exact) mass is 272 g/mol. The quantitative estimate of drug-likeness (QED) is 0.905. The fourth-order valence-electron chi connectivity index (χ4n) is 1.92. The van der Waals surface area contributed by atoms with E-state index in [0.717, 1.165) is 35.9 Å². The van der Waals surface area contributed by atoms with E-state index in [1.807, 2.05) is 32.9 Å². The molecule has 0 saturated heterocycles. The standard InChI is InChI=1S/C15H20N4O/c1-5-12-13(8-7-10(3)17-12)20-15-9-14(16-6-2)18-11(4)19-15/h7-9H,5-6H2,1-4H3,(H,16,18,19). The van der Waals surface area contributed by atoms with Crippen LogP contribution in [0.15, 0.2) is 18.2 Å². The maximum absolute atomic E-state index is 5.87. The SMILES string of the molecule is CCNc1cc(Oc2ccc(C)nc2CC)nc(C)n1. The van der Waals surface area contributed by atoms with E-state index in [1.165, 1.54) is 0 Å². The Morgan fingerprint density at radius 2 is 1.90 bits per heavy atom. The van der Waals surface area contributed by atoms with Crippen LogP contribution in [0.1, 0.15) is 31.1 Å². The number of hydrogen-bond donors (Lipinski definition) is 1. The van der Waals surface area contributed by atoms with E-state index < -0.39 is 0 Å². The zero-order valence-electron chi connectivity index (χ0n) is 12.4. The smallest absolute Gasteiger partial charge is 0.224 e. The molecule has 0 aliphatic carbocycles. The number of anilines is 1. The highest BCUT2D eigenvalue weighted by Gasteiger charge is 2.08. The second kappa shape index (κ2) is 6.32. The van der Waals surface area contributed by atoms with Gasteiger partial charge in [0.2, 0.25) is 5.88 Å². The average molecular weight is 272 g/mol. The molecule has 0 unspecified atom stereocenters. The fourth-order valence-corrected chi connectivity index (χ4v) is 1.92. The van der Waals surface area contributed by atoms with E-state index in [9.17, 15) is 0 Å². The van der Waals surface area contributed by atoms with Gasteiger partial charge in [0, 0.05) is 18.3 Å². The molecule has 0 radical (unpaired) electrons. The van der Waals surface area contributed by atoms with Gasteiger partial charge in [-0.1, -0.05) is 6.92 Å². The van der Waals surface area contributed by atoms with Crippen molar-refractivity contribution in [2.45, 2.75) is 34.1 Å². The first-order valence-corrected chi connectivity index (χ1v) is 6.86. The van der Waals surface area contributed by atoms with Gasteiger partial charge in [-0.05, 0) is 39.3 Å². The average Bonchev–Trinajstić information content (AvgIpc) is 2.40. The Morgan fingerprint density at radius 3 is 2.60 bits per heavy atom. The topological polar surface area (TPSA) is 59.9 Å². The molecule has 2 aromatic heterocycles. The van der Waals surface area contributed by atoms with Crippen LogP contribution >= 0.6 is 0 Å². The number of pyridine rings is 1. The molecule has 0 saturated carbocycles. The Balaban J connectivity index is 2.29. The van der Waals surface area contributed by atoms with Gasteiger partial charge in [0.1, 0.15) is 11.6 Å². The van der Waals surface area contributed by atoms with Crippen molar-refractivity contribution in [3.05, 3.63) is 35.4 Å². The molecule has 2 aromatic rings. The lowest BCUT2D eigenvalue weighted by Crippen LogP contribution is -2.03. The molecular formula is C15H20N4O. The maximum atomic E-state index is 5.87. The Hall–Kier alpha value is -2.17. The molecule has 106 valence electrons. The summed E-state index contributed by atoms with van der Waals surface area (Å²) < 4.78 is 5.87.